The van der Waals surface area contributed by atoms with Crippen LogP contribution in [0.25, 0.3) is 11.3 Å². The summed E-state index contributed by atoms with van der Waals surface area (Å²) in [6, 6.07) is 10.5. The lowest BCUT2D eigenvalue weighted by Gasteiger charge is -2.29. The molecule has 0 radical (unpaired) electrons. The van der Waals surface area contributed by atoms with Crippen molar-refractivity contribution in [2.45, 2.75) is 20.0 Å². The Morgan fingerprint density at radius 2 is 1.70 bits per heavy atom. The highest BCUT2D eigenvalue weighted by Crippen LogP contribution is 2.25. The van der Waals surface area contributed by atoms with E-state index in [1.807, 2.05) is 13.0 Å². The number of aromatic nitrogens is 1. The minimum Gasteiger partial charge on any atom is -0.356 e. The van der Waals surface area contributed by atoms with E-state index in [0.29, 0.717) is 0 Å². The average molecular weight is 408 g/mol. The van der Waals surface area contributed by atoms with E-state index in [0.717, 1.165) is 66.2 Å². The third-order valence-electron chi connectivity index (χ3n) is 5.26. The highest BCUT2D eigenvalue weighted by molar-refractivity contribution is 7.16. The fourth-order valence-electron chi connectivity index (χ4n) is 3.64. The molecule has 1 aliphatic rings. The van der Waals surface area contributed by atoms with Crippen molar-refractivity contribution in [1.29, 1.82) is 0 Å². The molecule has 0 spiro atoms. The van der Waals surface area contributed by atoms with Gasteiger partial charge in [-0.25, -0.2) is 4.39 Å². The number of thiophene rings is 1. The Hall–Kier alpha value is -1.73. The summed E-state index contributed by atoms with van der Waals surface area (Å²) >= 11 is 7.71. The van der Waals surface area contributed by atoms with Gasteiger partial charge in [0.1, 0.15) is 50.8 Å². The fraction of sp³-hybridized carbons (Fsp3) is 0.350. The Bertz CT molecular complexity index is 900. The molecule has 3 heterocycles. The van der Waals surface area contributed by atoms with E-state index >= 15 is 0 Å². The van der Waals surface area contributed by atoms with E-state index in [4.69, 9.17) is 16.1 Å². The zero-order chi connectivity index (χ0) is 18.8. The quantitative estimate of drug-likeness (QED) is 0.678. The van der Waals surface area contributed by atoms with Gasteiger partial charge in [0.05, 0.1) is 9.21 Å². The second-order valence-electron chi connectivity index (χ2n) is 7.15. The molecule has 0 unspecified atom stereocenters. The largest absolute Gasteiger partial charge is 0.356 e. The number of halogens is 2. The van der Waals surface area contributed by atoms with Crippen molar-refractivity contribution in [3.8, 4) is 11.3 Å². The number of quaternary nitrogens is 2. The molecule has 2 N–H and O–H groups in total. The van der Waals surface area contributed by atoms with Gasteiger partial charge in [0.2, 0.25) is 0 Å². The summed E-state index contributed by atoms with van der Waals surface area (Å²) in [5.41, 5.74) is 2.92. The van der Waals surface area contributed by atoms with Gasteiger partial charge in [0, 0.05) is 11.1 Å². The summed E-state index contributed by atoms with van der Waals surface area (Å²) in [4.78, 5) is 4.50. The number of hydrogen-bond acceptors (Lipinski definition) is 3. The number of hydrogen-bond donors (Lipinski definition) is 2. The van der Waals surface area contributed by atoms with E-state index in [9.17, 15) is 4.39 Å². The van der Waals surface area contributed by atoms with Gasteiger partial charge >= 0.3 is 0 Å². The highest BCUT2D eigenvalue weighted by Gasteiger charge is 2.26. The lowest BCUT2D eigenvalue weighted by atomic mass is 10.1. The minimum absolute atomic E-state index is 0.245. The van der Waals surface area contributed by atoms with Gasteiger partial charge < -0.3 is 14.3 Å². The Labute approximate surface area is 167 Å². The van der Waals surface area contributed by atoms with Gasteiger partial charge in [-0.1, -0.05) is 16.8 Å². The lowest BCUT2D eigenvalue weighted by molar-refractivity contribution is -1.02. The van der Waals surface area contributed by atoms with Crippen LogP contribution in [0.3, 0.4) is 0 Å². The molecule has 142 valence electrons. The maximum atomic E-state index is 13.1. The van der Waals surface area contributed by atoms with Crippen LogP contribution < -0.4 is 9.80 Å². The van der Waals surface area contributed by atoms with Crippen LogP contribution in [-0.2, 0) is 13.1 Å². The van der Waals surface area contributed by atoms with Crippen LogP contribution in [-0.4, -0.2) is 31.3 Å². The van der Waals surface area contributed by atoms with Gasteiger partial charge in [-0.05, 0) is 43.3 Å². The van der Waals surface area contributed by atoms with Crippen molar-refractivity contribution in [3.63, 3.8) is 0 Å². The van der Waals surface area contributed by atoms with Crippen LogP contribution in [0.15, 0.2) is 40.9 Å². The first-order chi connectivity index (χ1) is 13.1. The summed E-state index contributed by atoms with van der Waals surface area (Å²) in [7, 11) is 0. The van der Waals surface area contributed by atoms with Gasteiger partial charge in [0.25, 0.3) is 0 Å². The van der Waals surface area contributed by atoms with Gasteiger partial charge in [-0.3, -0.25) is 0 Å². The first-order valence-electron chi connectivity index (χ1n) is 9.21. The second kappa shape index (κ2) is 8.10. The van der Waals surface area contributed by atoms with Crippen molar-refractivity contribution in [1.82, 2.24) is 5.16 Å². The first-order valence-corrected chi connectivity index (χ1v) is 10.4. The molecule has 1 aliphatic heterocycles. The van der Waals surface area contributed by atoms with Crippen molar-refractivity contribution in [3.05, 3.63) is 62.7 Å². The van der Waals surface area contributed by atoms with Gasteiger partial charge in [-0.2, -0.15) is 0 Å². The summed E-state index contributed by atoms with van der Waals surface area (Å²) in [6.07, 6.45) is 0. The van der Waals surface area contributed by atoms with Gasteiger partial charge in [0.15, 0.2) is 5.76 Å². The monoisotopic (exact) mass is 407 g/mol. The zero-order valence-electron chi connectivity index (χ0n) is 15.2. The predicted octanol–water partition coefficient (Wildman–Crippen LogP) is 1.99. The molecule has 4 rings (SSSR count). The Morgan fingerprint density at radius 1 is 1.04 bits per heavy atom. The normalized spacial score (nSPS) is 20.1. The summed E-state index contributed by atoms with van der Waals surface area (Å²) in [6.45, 7) is 8.49. The van der Waals surface area contributed by atoms with Crippen molar-refractivity contribution in [2.24, 2.45) is 0 Å². The van der Waals surface area contributed by atoms with E-state index < -0.39 is 0 Å². The molecule has 3 aromatic rings. The molecule has 7 heteroatoms. The van der Waals surface area contributed by atoms with E-state index in [2.05, 4.69) is 11.2 Å². The van der Waals surface area contributed by atoms with Crippen LogP contribution >= 0.6 is 22.9 Å². The molecule has 2 aromatic heterocycles. The van der Waals surface area contributed by atoms with Crippen LogP contribution in [0, 0.1) is 12.7 Å². The molecule has 1 aromatic carbocycles. The molecular formula is C20H23ClFN3OS+2. The molecule has 1 saturated heterocycles. The van der Waals surface area contributed by atoms with Gasteiger partial charge in [-0.15, -0.1) is 11.3 Å². The molecule has 0 atom stereocenters. The summed E-state index contributed by atoms with van der Waals surface area (Å²) in [5.74, 6) is 0.494. The Balaban J connectivity index is 1.34. The van der Waals surface area contributed by atoms with Crippen molar-refractivity contribution < 1.29 is 18.7 Å². The van der Waals surface area contributed by atoms with Crippen molar-refractivity contribution in [2.75, 3.05) is 26.2 Å². The maximum Gasteiger partial charge on any atom is 0.170 e. The third kappa shape index (κ3) is 4.41. The number of nitrogens with zero attached hydrogens (tertiary/aromatic N) is 1. The molecular weight excluding hydrogens is 385 g/mol. The topological polar surface area (TPSA) is 34.9 Å². The number of piperazine rings is 1. The molecule has 0 aliphatic carbocycles. The van der Waals surface area contributed by atoms with E-state index in [-0.39, 0.29) is 5.82 Å². The first kappa shape index (κ1) is 18.6. The molecule has 0 bridgehead atoms. The molecule has 1 fully saturated rings. The molecule has 0 amide bonds. The number of rotatable bonds is 5. The van der Waals surface area contributed by atoms with Crippen LogP contribution in [0.5, 0.6) is 0 Å². The Kier molecular flexibility index (Phi) is 5.59. The van der Waals surface area contributed by atoms with Crippen LogP contribution in [0.1, 0.15) is 16.1 Å². The standard InChI is InChI=1S/C20H21ClFN3OS/c1-14-18(23-26-20(14)15-2-4-16(22)5-3-15)13-25-10-8-24(9-11-25)12-17-6-7-19(21)27-17/h2-7H,8-13H2,1H3/p+2. The fourth-order valence-corrected chi connectivity index (χ4v) is 4.80. The maximum absolute atomic E-state index is 13.1. The smallest absolute Gasteiger partial charge is 0.170 e. The Morgan fingerprint density at radius 3 is 2.33 bits per heavy atom. The SMILES string of the molecule is Cc1c(C[NH+]2CC[NH+](Cc3ccc(Cl)s3)CC2)noc1-c1ccc(F)cc1. The van der Waals surface area contributed by atoms with Crippen molar-refractivity contribution >= 4 is 22.9 Å². The van der Waals surface area contributed by atoms with E-state index in [1.165, 1.54) is 21.9 Å². The zero-order valence-corrected chi connectivity index (χ0v) is 16.8. The van der Waals surface area contributed by atoms with E-state index in [1.54, 1.807) is 28.4 Å². The molecule has 0 saturated carbocycles. The lowest BCUT2D eigenvalue weighted by Crippen LogP contribution is -3.27. The van der Waals surface area contributed by atoms with Crippen LogP contribution in [0.4, 0.5) is 4.39 Å². The molecule has 27 heavy (non-hydrogen) atoms. The second-order valence-corrected chi connectivity index (χ2v) is 8.95. The predicted molar refractivity (Wildman–Crippen MR) is 105 cm³/mol. The third-order valence-corrected chi connectivity index (χ3v) is 6.49. The number of nitrogens with one attached hydrogen (secondary N) is 2. The average Bonchev–Trinajstić information content (AvgIpc) is 3.23. The van der Waals surface area contributed by atoms with Crippen LogP contribution in [0.2, 0.25) is 4.34 Å². The number of benzene rings is 1. The highest BCUT2D eigenvalue weighted by atomic mass is 35.5. The summed E-state index contributed by atoms with van der Waals surface area (Å²) < 4.78 is 19.6. The minimum atomic E-state index is -0.245. The molecule has 4 nitrogen and oxygen atoms in total. The summed E-state index contributed by atoms with van der Waals surface area (Å²) in [5, 5.41) is 4.29.